The molecule has 112 valence electrons. The maximum atomic E-state index is 5.38. The minimum Gasteiger partial charge on any atom is -0.493 e. The highest BCUT2D eigenvalue weighted by atomic mass is 79.9. The van der Waals surface area contributed by atoms with E-state index in [-0.39, 0.29) is 4.83 Å². The van der Waals surface area contributed by atoms with Gasteiger partial charge in [-0.1, -0.05) is 61.7 Å². The predicted octanol–water partition coefficient (Wildman–Crippen LogP) is 5.45. The molecule has 1 unspecified atom stereocenters. The molecule has 0 saturated carbocycles. The number of hydrogen-bond donors (Lipinski definition) is 0. The van der Waals surface area contributed by atoms with Gasteiger partial charge in [-0.25, -0.2) is 0 Å². The topological polar surface area (TPSA) is 18.5 Å². The molecule has 0 bridgehead atoms. The van der Waals surface area contributed by atoms with Crippen LogP contribution in [0.3, 0.4) is 0 Å². The van der Waals surface area contributed by atoms with Crippen LogP contribution in [0.25, 0.3) is 0 Å². The monoisotopic (exact) mass is 412 g/mol. The van der Waals surface area contributed by atoms with E-state index in [1.165, 1.54) is 11.1 Å². The molecule has 0 aromatic heterocycles. The summed E-state index contributed by atoms with van der Waals surface area (Å²) in [5, 5.41) is 0. The fourth-order valence-electron chi connectivity index (χ4n) is 2.27. The number of ether oxygens (including phenoxy) is 2. The van der Waals surface area contributed by atoms with Gasteiger partial charge in [-0.3, -0.25) is 0 Å². The van der Waals surface area contributed by atoms with E-state index >= 15 is 0 Å². The van der Waals surface area contributed by atoms with E-state index in [4.69, 9.17) is 9.47 Å². The highest BCUT2D eigenvalue weighted by Gasteiger charge is 2.16. The van der Waals surface area contributed by atoms with Crippen molar-refractivity contribution in [2.75, 3.05) is 14.2 Å². The molecule has 0 aliphatic carbocycles. The number of aryl methyl sites for hydroxylation is 1. The van der Waals surface area contributed by atoms with Crippen LogP contribution >= 0.6 is 31.9 Å². The number of benzene rings is 2. The third-order valence-corrected chi connectivity index (χ3v) is 4.84. The van der Waals surface area contributed by atoms with E-state index in [0.29, 0.717) is 0 Å². The van der Waals surface area contributed by atoms with Crippen molar-refractivity contribution in [2.24, 2.45) is 0 Å². The van der Waals surface area contributed by atoms with Crippen molar-refractivity contribution >= 4 is 31.9 Å². The zero-order valence-electron chi connectivity index (χ0n) is 12.3. The molecule has 2 aromatic carbocycles. The van der Waals surface area contributed by atoms with Gasteiger partial charge >= 0.3 is 0 Å². The summed E-state index contributed by atoms with van der Waals surface area (Å²) in [4.78, 5) is 0.202. The summed E-state index contributed by atoms with van der Waals surface area (Å²) in [6.07, 6.45) is 0.912. The lowest BCUT2D eigenvalue weighted by atomic mass is 10.0. The lowest BCUT2D eigenvalue weighted by Gasteiger charge is -2.16. The molecule has 2 rings (SSSR count). The largest absolute Gasteiger partial charge is 0.493 e. The Morgan fingerprint density at radius 3 is 2.33 bits per heavy atom. The third-order valence-electron chi connectivity index (χ3n) is 3.34. The molecule has 0 amide bonds. The minimum atomic E-state index is 0.202. The van der Waals surface area contributed by atoms with Crippen molar-refractivity contribution < 1.29 is 9.47 Å². The molecule has 2 aromatic rings. The number of methoxy groups -OCH3 is 2. The van der Waals surface area contributed by atoms with Gasteiger partial charge in [0.05, 0.1) is 14.2 Å². The van der Waals surface area contributed by atoms with Gasteiger partial charge in [-0.15, -0.1) is 0 Å². The Balaban J connectivity index is 2.28. The normalized spacial score (nSPS) is 12.0. The van der Waals surface area contributed by atoms with Crippen molar-refractivity contribution in [1.82, 2.24) is 0 Å². The van der Waals surface area contributed by atoms with Gasteiger partial charge in [0, 0.05) is 9.30 Å². The van der Waals surface area contributed by atoms with Gasteiger partial charge in [-0.05, 0) is 36.6 Å². The van der Waals surface area contributed by atoms with E-state index in [9.17, 15) is 0 Å². The van der Waals surface area contributed by atoms with E-state index in [1.807, 2.05) is 12.1 Å². The van der Waals surface area contributed by atoms with Crippen LogP contribution in [0, 0.1) is 6.92 Å². The van der Waals surface area contributed by atoms with Crippen LogP contribution in [-0.4, -0.2) is 14.2 Å². The lowest BCUT2D eigenvalue weighted by molar-refractivity contribution is 0.354. The summed E-state index contributed by atoms with van der Waals surface area (Å²) < 4.78 is 11.7. The van der Waals surface area contributed by atoms with E-state index in [0.717, 1.165) is 28.0 Å². The second kappa shape index (κ2) is 7.32. The van der Waals surface area contributed by atoms with E-state index < -0.39 is 0 Å². The Morgan fingerprint density at radius 2 is 1.71 bits per heavy atom. The van der Waals surface area contributed by atoms with Crippen LogP contribution in [0.2, 0.25) is 0 Å². The van der Waals surface area contributed by atoms with Crippen LogP contribution in [-0.2, 0) is 6.42 Å². The second-order valence-electron chi connectivity index (χ2n) is 4.89. The van der Waals surface area contributed by atoms with Gasteiger partial charge in [-0.2, -0.15) is 0 Å². The van der Waals surface area contributed by atoms with Crippen LogP contribution in [0.15, 0.2) is 40.9 Å². The summed E-state index contributed by atoms with van der Waals surface area (Å²) in [5.41, 5.74) is 3.73. The molecule has 21 heavy (non-hydrogen) atoms. The van der Waals surface area contributed by atoms with Gasteiger partial charge < -0.3 is 9.47 Å². The smallest absolute Gasteiger partial charge is 0.161 e. The summed E-state index contributed by atoms with van der Waals surface area (Å²) in [6, 6.07) is 12.5. The Labute approximate surface area is 142 Å². The first-order chi connectivity index (χ1) is 10.0. The average Bonchev–Trinajstić information content (AvgIpc) is 2.46. The van der Waals surface area contributed by atoms with Crippen molar-refractivity contribution in [3.8, 4) is 11.5 Å². The van der Waals surface area contributed by atoms with Crippen LogP contribution in [0.4, 0.5) is 0 Å². The molecule has 0 N–H and O–H groups in total. The maximum Gasteiger partial charge on any atom is 0.161 e. The molecule has 0 heterocycles. The lowest BCUT2D eigenvalue weighted by Crippen LogP contribution is -1.99. The SMILES string of the molecule is COc1cc(Br)c(C(Br)Cc2cccc(C)c2)cc1OC. The molecule has 0 radical (unpaired) electrons. The number of hydrogen-bond acceptors (Lipinski definition) is 2. The molecule has 0 saturated heterocycles. The molecule has 0 spiro atoms. The van der Waals surface area contributed by atoms with Gasteiger partial charge in [0.1, 0.15) is 0 Å². The van der Waals surface area contributed by atoms with Gasteiger partial charge in [0.25, 0.3) is 0 Å². The molecule has 0 aliphatic heterocycles. The summed E-state index contributed by atoms with van der Waals surface area (Å²) in [6.45, 7) is 2.11. The number of halogens is 2. The second-order valence-corrected chi connectivity index (χ2v) is 6.85. The standard InChI is InChI=1S/C17H18Br2O2/c1-11-5-4-6-12(7-11)8-14(18)13-9-16(20-2)17(21-3)10-15(13)19/h4-7,9-10,14H,8H2,1-3H3. The fourth-order valence-corrected chi connectivity index (χ4v) is 3.92. The molecule has 1 atom stereocenters. The molecular weight excluding hydrogens is 396 g/mol. The van der Waals surface area contributed by atoms with E-state index in [1.54, 1.807) is 14.2 Å². The van der Waals surface area contributed by atoms with Crippen LogP contribution in [0.5, 0.6) is 11.5 Å². The van der Waals surface area contributed by atoms with E-state index in [2.05, 4.69) is 63.0 Å². The molecule has 2 nitrogen and oxygen atoms in total. The summed E-state index contributed by atoms with van der Waals surface area (Å²) >= 11 is 7.40. The number of alkyl halides is 1. The number of rotatable bonds is 5. The zero-order chi connectivity index (χ0) is 15.4. The first-order valence-corrected chi connectivity index (χ1v) is 8.37. The predicted molar refractivity (Wildman–Crippen MR) is 93.8 cm³/mol. The Kier molecular flexibility index (Phi) is 5.71. The Bertz CT molecular complexity index is 626. The quantitative estimate of drug-likeness (QED) is 0.606. The fraction of sp³-hybridized carbons (Fsp3) is 0.294. The Morgan fingerprint density at radius 1 is 1.05 bits per heavy atom. The Hall–Kier alpha value is -1.00. The van der Waals surface area contributed by atoms with Crippen molar-refractivity contribution in [3.63, 3.8) is 0 Å². The van der Waals surface area contributed by atoms with Crippen LogP contribution in [0.1, 0.15) is 21.5 Å². The molecule has 4 heteroatoms. The van der Waals surface area contributed by atoms with Crippen molar-refractivity contribution in [3.05, 3.63) is 57.6 Å². The van der Waals surface area contributed by atoms with Crippen LogP contribution < -0.4 is 9.47 Å². The van der Waals surface area contributed by atoms with Crippen molar-refractivity contribution in [2.45, 2.75) is 18.2 Å². The highest BCUT2D eigenvalue weighted by Crippen LogP contribution is 2.39. The first kappa shape index (κ1) is 16.4. The average molecular weight is 414 g/mol. The summed E-state index contributed by atoms with van der Waals surface area (Å²) in [7, 11) is 3.29. The third kappa shape index (κ3) is 4.01. The first-order valence-electron chi connectivity index (χ1n) is 6.66. The zero-order valence-corrected chi connectivity index (χ0v) is 15.5. The van der Waals surface area contributed by atoms with Gasteiger partial charge in [0.15, 0.2) is 11.5 Å². The minimum absolute atomic E-state index is 0.202. The molecule has 0 fully saturated rings. The maximum absolute atomic E-state index is 5.38. The highest BCUT2D eigenvalue weighted by molar-refractivity contribution is 9.11. The molecule has 0 aliphatic rings. The van der Waals surface area contributed by atoms with Crippen molar-refractivity contribution in [1.29, 1.82) is 0 Å². The van der Waals surface area contributed by atoms with Gasteiger partial charge in [0.2, 0.25) is 0 Å². The summed E-state index contributed by atoms with van der Waals surface area (Å²) in [5.74, 6) is 1.47. The molecular formula is C17H18Br2O2.